The number of benzene rings is 1. The Bertz CT molecular complexity index is 459. The molecule has 6 nitrogen and oxygen atoms in total. The first-order valence-electron chi connectivity index (χ1n) is 6.65. The summed E-state index contributed by atoms with van der Waals surface area (Å²) in [7, 11) is 0. The summed E-state index contributed by atoms with van der Waals surface area (Å²) in [6, 6.07) is 6.38. The summed E-state index contributed by atoms with van der Waals surface area (Å²) in [5.41, 5.74) is 6.60. The summed E-state index contributed by atoms with van der Waals surface area (Å²) in [6.07, 6.45) is 0.884. The quantitative estimate of drug-likeness (QED) is 0.665. The second kappa shape index (κ2) is 7.37. The van der Waals surface area contributed by atoms with Gasteiger partial charge in [0, 0.05) is 11.7 Å². The highest BCUT2D eigenvalue weighted by molar-refractivity contribution is 5.87. The molecule has 0 aliphatic heterocycles. The predicted molar refractivity (Wildman–Crippen MR) is 79.5 cm³/mol. The van der Waals surface area contributed by atoms with Gasteiger partial charge >= 0.3 is 12.1 Å². The second-order valence-corrected chi connectivity index (χ2v) is 4.76. The molecule has 1 aromatic carbocycles. The van der Waals surface area contributed by atoms with Crippen molar-refractivity contribution in [3.05, 3.63) is 29.8 Å². The number of carbonyl (C=O) groups excluding carboxylic acids is 2. The van der Waals surface area contributed by atoms with E-state index in [9.17, 15) is 9.59 Å². The fraction of sp³-hybridized carbons (Fsp3) is 0.429. The third kappa shape index (κ3) is 5.17. The Morgan fingerprint density at radius 1 is 1.15 bits per heavy atom. The van der Waals surface area contributed by atoms with Crippen LogP contribution in [0.4, 0.5) is 15.3 Å². The monoisotopic (exact) mass is 278 g/mol. The Labute approximate surface area is 119 Å². The second-order valence-electron chi connectivity index (χ2n) is 4.76. The zero-order chi connectivity index (χ0) is 15.1. The third-order valence-corrected chi connectivity index (χ3v) is 3.02. The molecule has 0 saturated carbocycles. The van der Waals surface area contributed by atoms with Gasteiger partial charge in [-0.25, -0.2) is 9.59 Å². The number of rotatable bonds is 5. The standard InChI is InChI=1S/C14H22N4O2/c1-4-9(2)16-14(20)17-10(3)11-5-7-12(8-6-11)18-13(15)19/h5-10H,4H2,1-3H3,(H3,15,18,19)(H2,16,17,20)/t9-,10+/m0/s1. The lowest BCUT2D eigenvalue weighted by Crippen LogP contribution is -2.41. The van der Waals surface area contributed by atoms with Crippen molar-refractivity contribution in [1.82, 2.24) is 10.6 Å². The molecule has 5 N–H and O–H groups in total. The zero-order valence-corrected chi connectivity index (χ0v) is 12.1. The molecule has 0 fully saturated rings. The number of hydrogen-bond donors (Lipinski definition) is 4. The Kier molecular flexibility index (Phi) is 5.83. The van der Waals surface area contributed by atoms with E-state index in [0.717, 1.165) is 12.0 Å². The summed E-state index contributed by atoms with van der Waals surface area (Å²) in [6.45, 7) is 5.86. The molecule has 0 bridgehead atoms. The molecule has 0 aliphatic rings. The molecule has 1 aromatic rings. The van der Waals surface area contributed by atoms with Crippen LogP contribution in [0, 0.1) is 0 Å². The van der Waals surface area contributed by atoms with Gasteiger partial charge in [-0.15, -0.1) is 0 Å². The minimum absolute atomic E-state index is 0.123. The number of urea groups is 2. The summed E-state index contributed by atoms with van der Waals surface area (Å²) in [5, 5.41) is 8.19. The van der Waals surface area contributed by atoms with Gasteiger partial charge < -0.3 is 21.7 Å². The number of anilines is 1. The van der Waals surface area contributed by atoms with Crippen molar-refractivity contribution in [2.24, 2.45) is 5.73 Å². The molecular formula is C14H22N4O2. The van der Waals surface area contributed by atoms with Crippen LogP contribution < -0.4 is 21.7 Å². The Morgan fingerprint density at radius 3 is 2.25 bits per heavy atom. The Balaban J connectivity index is 2.57. The summed E-state index contributed by atoms with van der Waals surface area (Å²) in [5.74, 6) is 0. The Hall–Kier alpha value is -2.24. The van der Waals surface area contributed by atoms with Crippen LogP contribution in [-0.2, 0) is 0 Å². The van der Waals surface area contributed by atoms with Crippen molar-refractivity contribution >= 4 is 17.7 Å². The molecule has 20 heavy (non-hydrogen) atoms. The van der Waals surface area contributed by atoms with E-state index in [0.29, 0.717) is 5.69 Å². The van der Waals surface area contributed by atoms with Crippen molar-refractivity contribution in [1.29, 1.82) is 0 Å². The summed E-state index contributed by atoms with van der Waals surface area (Å²) >= 11 is 0. The lowest BCUT2D eigenvalue weighted by Gasteiger charge is -2.18. The van der Waals surface area contributed by atoms with Crippen molar-refractivity contribution in [3.63, 3.8) is 0 Å². The van der Waals surface area contributed by atoms with Gasteiger partial charge in [0.15, 0.2) is 0 Å². The Morgan fingerprint density at radius 2 is 1.75 bits per heavy atom. The van der Waals surface area contributed by atoms with Crippen LogP contribution in [0.2, 0.25) is 0 Å². The molecule has 0 radical (unpaired) electrons. The highest BCUT2D eigenvalue weighted by atomic mass is 16.2. The molecule has 0 unspecified atom stereocenters. The normalized spacial score (nSPS) is 13.2. The van der Waals surface area contributed by atoms with E-state index in [4.69, 9.17) is 5.73 Å². The van der Waals surface area contributed by atoms with E-state index in [1.165, 1.54) is 0 Å². The predicted octanol–water partition coefficient (Wildman–Crippen LogP) is 2.34. The summed E-state index contributed by atoms with van der Waals surface area (Å²) < 4.78 is 0. The van der Waals surface area contributed by atoms with Crippen LogP contribution in [-0.4, -0.2) is 18.1 Å². The lowest BCUT2D eigenvalue weighted by atomic mass is 10.1. The fourth-order valence-corrected chi connectivity index (χ4v) is 1.64. The van der Waals surface area contributed by atoms with Crippen LogP contribution in [0.15, 0.2) is 24.3 Å². The third-order valence-electron chi connectivity index (χ3n) is 3.02. The zero-order valence-electron chi connectivity index (χ0n) is 12.1. The van der Waals surface area contributed by atoms with Crippen LogP contribution in [0.1, 0.15) is 38.8 Å². The van der Waals surface area contributed by atoms with E-state index >= 15 is 0 Å². The van der Waals surface area contributed by atoms with E-state index in [1.54, 1.807) is 12.1 Å². The van der Waals surface area contributed by atoms with Crippen LogP contribution in [0.5, 0.6) is 0 Å². The van der Waals surface area contributed by atoms with Gasteiger partial charge in [0.25, 0.3) is 0 Å². The number of nitrogens with two attached hydrogens (primary N) is 1. The van der Waals surface area contributed by atoms with Crippen LogP contribution in [0.3, 0.4) is 0 Å². The van der Waals surface area contributed by atoms with Crippen LogP contribution in [0.25, 0.3) is 0 Å². The first-order chi connectivity index (χ1) is 9.42. The van der Waals surface area contributed by atoms with Gasteiger partial charge in [0.1, 0.15) is 0 Å². The number of carbonyl (C=O) groups is 2. The SMILES string of the molecule is CC[C@H](C)NC(=O)N[C@H](C)c1ccc(NC(N)=O)cc1. The molecule has 110 valence electrons. The van der Waals surface area contributed by atoms with Gasteiger partial charge in [-0.3, -0.25) is 0 Å². The van der Waals surface area contributed by atoms with Crippen molar-refractivity contribution in [3.8, 4) is 0 Å². The maximum atomic E-state index is 11.7. The minimum Gasteiger partial charge on any atom is -0.351 e. The topological polar surface area (TPSA) is 96.2 Å². The molecule has 6 heteroatoms. The maximum Gasteiger partial charge on any atom is 0.316 e. The number of nitrogens with one attached hydrogen (secondary N) is 3. The highest BCUT2D eigenvalue weighted by Gasteiger charge is 2.10. The van der Waals surface area contributed by atoms with Crippen molar-refractivity contribution in [2.75, 3.05) is 5.32 Å². The van der Waals surface area contributed by atoms with E-state index in [1.807, 2.05) is 32.9 Å². The first kappa shape index (κ1) is 15.8. The smallest absolute Gasteiger partial charge is 0.316 e. The highest BCUT2D eigenvalue weighted by Crippen LogP contribution is 2.15. The first-order valence-corrected chi connectivity index (χ1v) is 6.65. The van der Waals surface area contributed by atoms with Crippen LogP contribution >= 0.6 is 0 Å². The molecule has 1 rings (SSSR count). The molecule has 0 spiro atoms. The number of hydrogen-bond acceptors (Lipinski definition) is 2. The van der Waals surface area contributed by atoms with Crippen molar-refractivity contribution < 1.29 is 9.59 Å². The van der Waals surface area contributed by atoms with Gasteiger partial charge in [0.05, 0.1) is 6.04 Å². The van der Waals surface area contributed by atoms with Gasteiger partial charge in [-0.1, -0.05) is 19.1 Å². The van der Waals surface area contributed by atoms with Crippen molar-refractivity contribution in [2.45, 2.75) is 39.3 Å². The average molecular weight is 278 g/mol. The molecular weight excluding hydrogens is 256 g/mol. The van der Waals surface area contributed by atoms with E-state index < -0.39 is 6.03 Å². The number of primary amides is 1. The molecule has 0 aromatic heterocycles. The number of amides is 4. The summed E-state index contributed by atoms with van der Waals surface area (Å²) in [4.78, 5) is 22.4. The molecule has 2 atom stereocenters. The average Bonchev–Trinajstić information content (AvgIpc) is 2.38. The van der Waals surface area contributed by atoms with Gasteiger partial charge in [0.2, 0.25) is 0 Å². The van der Waals surface area contributed by atoms with Gasteiger partial charge in [-0.05, 0) is 38.0 Å². The molecule has 4 amide bonds. The molecule has 0 aliphatic carbocycles. The maximum absolute atomic E-state index is 11.7. The fourth-order valence-electron chi connectivity index (χ4n) is 1.64. The minimum atomic E-state index is -0.600. The van der Waals surface area contributed by atoms with E-state index in [-0.39, 0.29) is 18.1 Å². The lowest BCUT2D eigenvalue weighted by molar-refractivity contribution is 0.234. The molecule has 0 heterocycles. The molecule has 0 saturated heterocycles. The van der Waals surface area contributed by atoms with E-state index in [2.05, 4.69) is 16.0 Å². The van der Waals surface area contributed by atoms with Gasteiger partial charge in [-0.2, -0.15) is 0 Å². The largest absolute Gasteiger partial charge is 0.351 e.